The summed E-state index contributed by atoms with van der Waals surface area (Å²) in [5.41, 5.74) is 2.07. The van der Waals surface area contributed by atoms with Crippen molar-refractivity contribution in [2.45, 2.75) is 19.6 Å². The van der Waals surface area contributed by atoms with Gasteiger partial charge in [0, 0.05) is 25.2 Å². The number of nitrogens with one attached hydrogen (secondary N) is 2. The van der Waals surface area contributed by atoms with Gasteiger partial charge in [-0.05, 0) is 30.7 Å². The molecule has 2 N–H and O–H groups in total. The number of rotatable bonds is 5. The van der Waals surface area contributed by atoms with E-state index < -0.39 is 6.10 Å². The first-order valence-corrected chi connectivity index (χ1v) is 8.15. The summed E-state index contributed by atoms with van der Waals surface area (Å²) in [7, 11) is 0. The van der Waals surface area contributed by atoms with Crippen LogP contribution in [-0.2, 0) is 16.1 Å². The summed E-state index contributed by atoms with van der Waals surface area (Å²) in [5.74, 6) is 1.42. The summed E-state index contributed by atoms with van der Waals surface area (Å²) >= 11 is 0. The van der Waals surface area contributed by atoms with Crippen LogP contribution in [0.2, 0.25) is 0 Å². The maximum Gasteiger partial charge on any atom is 0.250 e. The molecule has 0 saturated carbocycles. The molecule has 1 saturated heterocycles. The molecule has 1 amide bonds. The number of aryl methyl sites for hydroxylation is 1. The van der Waals surface area contributed by atoms with Gasteiger partial charge in [-0.15, -0.1) is 0 Å². The molecule has 0 bridgehead atoms. The topological polar surface area (TPSA) is 59.6 Å². The Morgan fingerprint density at radius 1 is 1.29 bits per heavy atom. The van der Waals surface area contributed by atoms with Crippen LogP contribution in [0.25, 0.3) is 0 Å². The van der Waals surface area contributed by atoms with Gasteiger partial charge in [-0.1, -0.05) is 30.3 Å². The van der Waals surface area contributed by atoms with Gasteiger partial charge in [0.15, 0.2) is 0 Å². The highest BCUT2D eigenvalue weighted by atomic mass is 16.5. The number of morpholine rings is 1. The lowest BCUT2D eigenvalue weighted by atomic mass is 10.2. The fourth-order valence-electron chi connectivity index (χ4n) is 2.59. The number of para-hydroxylation sites is 1. The lowest BCUT2D eigenvalue weighted by Gasteiger charge is -2.23. The number of benzene rings is 2. The molecule has 0 aromatic heterocycles. The van der Waals surface area contributed by atoms with Crippen molar-refractivity contribution in [2.24, 2.45) is 0 Å². The minimum Gasteiger partial charge on any atom is -0.457 e. The van der Waals surface area contributed by atoms with Crippen molar-refractivity contribution >= 4 is 5.91 Å². The Bertz CT molecular complexity index is 697. The Morgan fingerprint density at radius 2 is 2.17 bits per heavy atom. The van der Waals surface area contributed by atoms with Crippen molar-refractivity contribution < 1.29 is 14.3 Å². The molecule has 3 rings (SSSR count). The van der Waals surface area contributed by atoms with E-state index in [1.54, 1.807) is 0 Å². The quantitative estimate of drug-likeness (QED) is 0.886. The minimum atomic E-state index is -0.427. The van der Waals surface area contributed by atoms with Gasteiger partial charge in [0.1, 0.15) is 17.6 Å². The number of hydrogen-bond acceptors (Lipinski definition) is 4. The highest BCUT2D eigenvalue weighted by Gasteiger charge is 2.21. The molecule has 2 aromatic rings. The predicted octanol–water partition coefficient (Wildman–Crippen LogP) is 2.39. The van der Waals surface area contributed by atoms with Gasteiger partial charge in [0.05, 0.1) is 6.61 Å². The normalized spacial score (nSPS) is 17.3. The van der Waals surface area contributed by atoms with E-state index in [4.69, 9.17) is 9.47 Å². The zero-order valence-electron chi connectivity index (χ0n) is 13.7. The van der Waals surface area contributed by atoms with Crippen molar-refractivity contribution in [3.63, 3.8) is 0 Å². The van der Waals surface area contributed by atoms with Gasteiger partial charge in [0.25, 0.3) is 5.91 Å². The van der Waals surface area contributed by atoms with Crippen LogP contribution in [-0.4, -0.2) is 31.7 Å². The molecule has 0 spiro atoms. The molecule has 1 aliphatic rings. The van der Waals surface area contributed by atoms with Gasteiger partial charge < -0.3 is 20.1 Å². The van der Waals surface area contributed by atoms with Crippen molar-refractivity contribution in [3.05, 3.63) is 59.7 Å². The molecule has 1 heterocycles. The first-order valence-electron chi connectivity index (χ1n) is 8.15. The molecular formula is C19H22N2O3. The van der Waals surface area contributed by atoms with Crippen LogP contribution in [0.4, 0.5) is 0 Å². The molecule has 1 unspecified atom stereocenters. The van der Waals surface area contributed by atoms with Gasteiger partial charge in [-0.2, -0.15) is 0 Å². The highest BCUT2D eigenvalue weighted by Crippen LogP contribution is 2.25. The molecule has 0 radical (unpaired) electrons. The van der Waals surface area contributed by atoms with E-state index in [1.165, 1.54) is 0 Å². The maximum atomic E-state index is 12.2. The second-order valence-electron chi connectivity index (χ2n) is 5.81. The van der Waals surface area contributed by atoms with Crippen molar-refractivity contribution in [3.8, 4) is 11.5 Å². The van der Waals surface area contributed by atoms with Gasteiger partial charge in [0.2, 0.25) is 0 Å². The number of amides is 1. The maximum absolute atomic E-state index is 12.2. The largest absolute Gasteiger partial charge is 0.457 e. The number of carbonyl (C=O) groups excluding carboxylic acids is 1. The Labute approximate surface area is 142 Å². The molecule has 1 atom stereocenters. The third-order valence-corrected chi connectivity index (χ3v) is 3.86. The van der Waals surface area contributed by atoms with Crippen molar-refractivity contribution in [2.75, 3.05) is 19.7 Å². The summed E-state index contributed by atoms with van der Waals surface area (Å²) < 4.78 is 11.4. The molecule has 24 heavy (non-hydrogen) atoms. The van der Waals surface area contributed by atoms with E-state index in [-0.39, 0.29) is 5.91 Å². The molecule has 0 aliphatic carbocycles. The average molecular weight is 326 g/mol. The van der Waals surface area contributed by atoms with Crippen LogP contribution in [0.15, 0.2) is 48.5 Å². The summed E-state index contributed by atoms with van der Waals surface area (Å²) in [6, 6.07) is 15.6. The highest BCUT2D eigenvalue weighted by molar-refractivity contribution is 5.81. The SMILES string of the molecule is Cc1cccc(Oc2ccccc2CNC(=O)C2CNCCO2)c1. The predicted molar refractivity (Wildman–Crippen MR) is 92.2 cm³/mol. The fraction of sp³-hybridized carbons (Fsp3) is 0.316. The Balaban J connectivity index is 1.64. The number of ether oxygens (including phenoxy) is 2. The molecule has 126 valence electrons. The number of hydrogen-bond donors (Lipinski definition) is 2. The van der Waals surface area contributed by atoms with E-state index in [0.717, 1.165) is 29.2 Å². The summed E-state index contributed by atoms with van der Waals surface area (Å²) in [6.45, 7) is 4.33. The second-order valence-corrected chi connectivity index (χ2v) is 5.81. The molecule has 5 heteroatoms. The van der Waals surface area contributed by atoms with Crippen LogP contribution >= 0.6 is 0 Å². The Kier molecular flexibility index (Phi) is 5.46. The fourth-order valence-corrected chi connectivity index (χ4v) is 2.59. The zero-order chi connectivity index (χ0) is 16.8. The minimum absolute atomic E-state index is 0.104. The third-order valence-electron chi connectivity index (χ3n) is 3.86. The zero-order valence-corrected chi connectivity index (χ0v) is 13.7. The first-order chi connectivity index (χ1) is 11.7. The van der Waals surface area contributed by atoms with Crippen LogP contribution < -0.4 is 15.4 Å². The Morgan fingerprint density at radius 3 is 2.96 bits per heavy atom. The standard InChI is InChI=1S/C19H22N2O3/c1-14-5-4-7-16(11-14)24-17-8-3-2-6-15(17)12-21-19(22)18-13-20-9-10-23-18/h2-8,11,18,20H,9-10,12-13H2,1H3,(H,21,22). The smallest absolute Gasteiger partial charge is 0.250 e. The summed E-state index contributed by atoms with van der Waals surface area (Å²) in [5, 5.41) is 6.08. The van der Waals surface area contributed by atoms with E-state index in [9.17, 15) is 4.79 Å². The summed E-state index contributed by atoms with van der Waals surface area (Å²) in [4.78, 5) is 12.2. The van der Waals surface area contributed by atoms with E-state index in [0.29, 0.717) is 19.7 Å². The average Bonchev–Trinajstić information content (AvgIpc) is 2.61. The third kappa shape index (κ3) is 4.34. The second kappa shape index (κ2) is 7.95. The molecule has 5 nitrogen and oxygen atoms in total. The molecule has 2 aromatic carbocycles. The number of carbonyl (C=O) groups is 1. The monoisotopic (exact) mass is 326 g/mol. The van der Waals surface area contributed by atoms with Crippen LogP contribution in [0.5, 0.6) is 11.5 Å². The van der Waals surface area contributed by atoms with E-state index in [2.05, 4.69) is 10.6 Å². The van der Waals surface area contributed by atoms with E-state index >= 15 is 0 Å². The van der Waals surface area contributed by atoms with Crippen molar-refractivity contribution in [1.29, 1.82) is 0 Å². The Hall–Kier alpha value is -2.37. The molecule has 1 fully saturated rings. The van der Waals surface area contributed by atoms with Crippen molar-refractivity contribution in [1.82, 2.24) is 10.6 Å². The summed E-state index contributed by atoms with van der Waals surface area (Å²) in [6.07, 6.45) is -0.427. The van der Waals surface area contributed by atoms with Crippen LogP contribution in [0.1, 0.15) is 11.1 Å². The van der Waals surface area contributed by atoms with Gasteiger partial charge in [-0.3, -0.25) is 4.79 Å². The van der Waals surface area contributed by atoms with Crippen LogP contribution in [0, 0.1) is 6.92 Å². The lowest BCUT2D eigenvalue weighted by molar-refractivity contribution is -0.134. The molecule has 1 aliphatic heterocycles. The lowest BCUT2D eigenvalue weighted by Crippen LogP contribution is -2.47. The molecular weight excluding hydrogens is 304 g/mol. The first kappa shape index (κ1) is 16.5. The van der Waals surface area contributed by atoms with Crippen LogP contribution in [0.3, 0.4) is 0 Å². The van der Waals surface area contributed by atoms with Gasteiger partial charge in [-0.25, -0.2) is 0 Å². The van der Waals surface area contributed by atoms with E-state index in [1.807, 2.05) is 55.5 Å². The van der Waals surface area contributed by atoms with Gasteiger partial charge >= 0.3 is 0 Å².